The molecule has 0 bridgehead atoms. The summed E-state index contributed by atoms with van der Waals surface area (Å²) in [6.07, 6.45) is 36.8. The van der Waals surface area contributed by atoms with Crippen LogP contribution in [-0.4, -0.2) is 36.9 Å². The zero-order chi connectivity index (χ0) is 33.1. The van der Waals surface area contributed by atoms with Crippen molar-refractivity contribution in [1.82, 2.24) is 16.0 Å². The lowest BCUT2D eigenvalue weighted by atomic mass is 10.0. The summed E-state index contributed by atoms with van der Waals surface area (Å²) in [5.74, 6) is -0.195. The van der Waals surface area contributed by atoms with Crippen molar-refractivity contribution in [1.29, 1.82) is 5.41 Å². The van der Waals surface area contributed by atoms with Gasteiger partial charge >= 0.3 is 0 Å². The minimum absolute atomic E-state index is 0.0328. The first-order chi connectivity index (χ1) is 22.0. The fraction of sp³-hybridized carbons (Fsp3) is 0.921. The molecule has 2 amide bonds. The lowest BCUT2D eigenvalue weighted by Crippen LogP contribution is -2.47. The first-order valence-electron chi connectivity index (χ1n) is 19.7. The quantitative estimate of drug-likeness (QED) is 0.0270. The van der Waals surface area contributed by atoms with E-state index in [-0.39, 0.29) is 17.8 Å². The summed E-state index contributed by atoms with van der Waals surface area (Å²) >= 11 is 0. The van der Waals surface area contributed by atoms with Gasteiger partial charge in [0, 0.05) is 19.5 Å². The Labute approximate surface area is 279 Å². The Morgan fingerprint density at radius 1 is 0.511 bits per heavy atom. The summed E-state index contributed by atoms with van der Waals surface area (Å²) in [4.78, 5) is 25.5. The third kappa shape index (κ3) is 33.4. The van der Waals surface area contributed by atoms with E-state index in [1.54, 1.807) is 0 Å². The van der Waals surface area contributed by atoms with Crippen molar-refractivity contribution in [3.05, 3.63) is 0 Å². The van der Waals surface area contributed by atoms with Crippen LogP contribution in [0.15, 0.2) is 0 Å². The van der Waals surface area contributed by atoms with E-state index in [4.69, 9.17) is 11.1 Å². The topological polar surface area (TPSA) is 120 Å². The van der Waals surface area contributed by atoms with E-state index in [0.29, 0.717) is 32.4 Å². The highest BCUT2D eigenvalue weighted by molar-refractivity contribution is 5.87. The van der Waals surface area contributed by atoms with Crippen LogP contribution in [-0.2, 0) is 9.59 Å². The average molecular weight is 636 g/mol. The Morgan fingerprint density at radius 3 is 1.27 bits per heavy atom. The highest BCUT2D eigenvalue weighted by Gasteiger charge is 2.20. The Balaban J connectivity index is 3.94. The van der Waals surface area contributed by atoms with E-state index in [0.717, 1.165) is 25.7 Å². The lowest BCUT2D eigenvalue weighted by Gasteiger charge is -2.19. The summed E-state index contributed by atoms with van der Waals surface area (Å²) in [5, 5.41) is 16.1. The van der Waals surface area contributed by atoms with Gasteiger partial charge in [0.05, 0.1) is 0 Å². The third-order valence-corrected chi connectivity index (χ3v) is 8.97. The first kappa shape index (κ1) is 43.2. The van der Waals surface area contributed by atoms with Gasteiger partial charge in [-0.1, -0.05) is 174 Å². The molecule has 0 spiro atoms. The molecule has 6 N–H and O–H groups in total. The van der Waals surface area contributed by atoms with Gasteiger partial charge in [-0.3, -0.25) is 15.0 Å². The van der Waals surface area contributed by atoms with Crippen LogP contribution in [0.4, 0.5) is 0 Å². The summed E-state index contributed by atoms with van der Waals surface area (Å²) in [6, 6.07) is -0.528. The summed E-state index contributed by atoms with van der Waals surface area (Å²) < 4.78 is 0. The number of nitrogens with two attached hydrogens (primary N) is 1. The number of unbranched alkanes of at least 4 members (excludes halogenated alkanes) is 25. The molecule has 0 heterocycles. The van der Waals surface area contributed by atoms with Crippen LogP contribution in [0.25, 0.3) is 0 Å². The molecule has 0 radical (unpaired) electrons. The predicted molar refractivity (Wildman–Crippen MR) is 195 cm³/mol. The molecule has 0 rings (SSSR count). The van der Waals surface area contributed by atoms with Crippen LogP contribution in [0, 0.1) is 5.41 Å². The number of nitrogens with one attached hydrogen (secondary N) is 4. The average Bonchev–Trinajstić information content (AvgIpc) is 3.02. The van der Waals surface area contributed by atoms with Gasteiger partial charge in [0.15, 0.2) is 5.96 Å². The Bertz CT molecular complexity index is 673. The second-order valence-electron chi connectivity index (χ2n) is 13.5. The molecule has 45 heavy (non-hydrogen) atoms. The number of hydrogen-bond acceptors (Lipinski definition) is 3. The number of guanidine groups is 1. The van der Waals surface area contributed by atoms with E-state index in [1.807, 2.05) is 0 Å². The van der Waals surface area contributed by atoms with Gasteiger partial charge in [0.25, 0.3) is 0 Å². The van der Waals surface area contributed by atoms with Crippen molar-refractivity contribution >= 4 is 17.8 Å². The van der Waals surface area contributed by atoms with Gasteiger partial charge in [-0.15, -0.1) is 0 Å². The maximum absolute atomic E-state index is 12.9. The zero-order valence-electron chi connectivity index (χ0n) is 30.1. The lowest BCUT2D eigenvalue weighted by molar-refractivity contribution is -0.129. The fourth-order valence-corrected chi connectivity index (χ4v) is 6.02. The van der Waals surface area contributed by atoms with Crippen LogP contribution in [0.1, 0.15) is 206 Å². The molecule has 0 aromatic carbocycles. The first-order valence-corrected chi connectivity index (χ1v) is 19.7. The fourth-order valence-electron chi connectivity index (χ4n) is 6.02. The number of carbonyl (C=O) groups is 2. The van der Waals surface area contributed by atoms with Gasteiger partial charge in [0.1, 0.15) is 6.04 Å². The molecule has 0 saturated carbocycles. The standard InChI is InChI=1S/C38H77N5O2/c1-3-5-7-9-11-13-15-16-17-18-19-20-21-22-24-26-28-32-36(44)43-35(31-30-34-42-38(39)40)37(45)41-33-29-27-25-23-14-12-10-8-6-4-2/h35H,3-34H2,1-2H3,(H,41,45)(H,43,44)(H4,39,40,42). The van der Waals surface area contributed by atoms with E-state index >= 15 is 0 Å². The smallest absolute Gasteiger partial charge is 0.242 e. The molecule has 0 aliphatic carbocycles. The molecular formula is C38H77N5O2. The Morgan fingerprint density at radius 2 is 0.867 bits per heavy atom. The monoisotopic (exact) mass is 636 g/mol. The number of carbonyl (C=O) groups excluding carboxylic acids is 2. The molecule has 0 saturated heterocycles. The molecule has 1 atom stereocenters. The van der Waals surface area contributed by atoms with Crippen LogP contribution < -0.4 is 21.7 Å². The van der Waals surface area contributed by atoms with E-state index in [1.165, 1.54) is 148 Å². The molecule has 7 heteroatoms. The maximum Gasteiger partial charge on any atom is 0.242 e. The van der Waals surface area contributed by atoms with Crippen molar-refractivity contribution in [2.75, 3.05) is 13.1 Å². The van der Waals surface area contributed by atoms with Crippen molar-refractivity contribution < 1.29 is 9.59 Å². The SMILES string of the molecule is CCCCCCCCCCCCCCCCCCCC(=O)NC(CCCNC(=N)N)C(=O)NCCCCCCCCCCCC. The summed E-state index contributed by atoms with van der Waals surface area (Å²) in [7, 11) is 0. The molecule has 0 aliphatic rings. The van der Waals surface area contributed by atoms with Crippen molar-refractivity contribution in [3.8, 4) is 0 Å². The normalized spacial score (nSPS) is 11.8. The molecule has 0 aromatic rings. The summed E-state index contributed by atoms with van der Waals surface area (Å²) in [5.41, 5.74) is 5.38. The highest BCUT2D eigenvalue weighted by atomic mass is 16.2. The van der Waals surface area contributed by atoms with Crippen molar-refractivity contribution in [3.63, 3.8) is 0 Å². The minimum Gasteiger partial charge on any atom is -0.370 e. The zero-order valence-corrected chi connectivity index (χ0v) is 30.1. The van der Waals surface area contributed by atoms with Crippen LogP contribution in [0.2, 0.25) is 0 Å². The summed E-state index contributed by atoms with van der Waals surface area (Å²) in [6.45, 7) is 5.71. The van der Waals surface area contributed by atoms with Gasteiger partial charge in [0.2, 0.25) is 11.8 Å². The number of rotatable bonds is 35. The largest absolute Gasteiger partial charge is 0.370 e. The van der Waals surface area contributed by atoms with Gasteiger partial charge < -0.3 is 21.7 Å². The van der Waals surface area contributed by atoms with Crippen molar-refractivity contribution in [2.24, 2.45) is 5.73 Å². The Kier molecular flexibility index (Phi) is 33.7. The van der Waals surface area contributed by atoms with E-state index in [2.05, 4.69) is 29.8 Å². The van der Waals surface area contributed by atoms with E-state index < -0.39 is 6.04 Å². The molecule has 266 valence electrons. The van der Waals surface area contributed by atoms with Gasteiger partial charge in [-0.05, 0) is 25.7 Å². The number of hydrogen-bond donors (Lipinski definition) is 5. The van der Waals surface area contributed by atoms with Crippen LogP contribution >= 0.6 is 0 Å². The molecule has 0 aromatic heterocycles. The highest BCUT2D eigenvalue weighted by Crippen LogP contribution is 2.15. The minimum atomic E-state index is -0.528. The molecule has 0 fully saturated rings. The molecule has 0 aliphatic heterocycles. The number of amides is 2. The third-order valence-electron chi connectivity index (χ3n) is 8.97. The Hall–Kier alpha value is -1.79. The van der Waals surface area contributed by atoms with Gasteiger partial charge in [-0.2, -0.15) is 0 Å². The van der Waals surface area contributed by atoms with Crippen LogP contribution in [0.5, 0.6) is 0 Å². The second-order valence-corrected chi connectivity index (χ2v) is 13.5. The molecule has 7 nitrogen and oxygen atoms in total. The predicted octanol–water partition coefficient (Wildman–Crippen LogP) is 9.81. The van der Waals surface area contributed by atoms with Crippen LogP contribution in [0.3, 0.4) is 0 Å². The molecular weight excluding hydrogens is 558 g/mol. The maximum atomic E-state index is 12.9. The second kappa shape index (κ2) is 35.1. The van der Waals surface area contributed by atoms with Gasteiger partial charge in [-0.25, -0.2) is 0 Å². The van der Waals surface area contributed by atoms with Crippen molar-refractivity contribution in [2.45, 2.75) is 213 Å². The van der Waals surface area contributed by atoms with E-state index in [9.17, 15) is 9.59 Å². The molecule has 1 unspecified atom stereocenters.